The van der Waals surface area contributed by atoms with Crippen molar-refractivity contribution in [2.75, 3.05) is 62.7 Å². The summed E-state index contributed by atoms with van der Waals surface area (Å²) in [6, 6.07) is 4.69. The largest absolute Gasteiger partial charge is 0.482 e. The predicted octanol–water partition coefficient (Wildman–Crippen LogP) is 3.09. The molecule has 190 valence electrons. The standard InChI is InChI=1S/C27H34N6O3/c1-3-25(34)33-16-20(17-33)31-8-5-19(6-9-31)21-14-22-24(15-29-21)36-18(2)26-23(4-7-28-27(26)30-22)32-10-12-35-13-11-32/h3-4,7,14-15,18-20H,1,5-6,8-13,16-17H2,2H3,(H,28,30)/t18-/m0/s1. The summed E-state index contributed by atoms with van der Waals surface area (Å²) in [5.74, 6) is 2.05. The third kappa shape index (κ3) is 4.30. The summed E-state index contributed by atoms with van der Waals surface area (Å²) >= 11 is 0. The Morgan fingerprint density at radius 3 is 2.69 bits per heavy atom. The number of likely N-dealkylation sites (tertiary alicyclic amines) is 2. The second kappa shape index (κ2) is 9.71. The molecule has 2 aromatic rings. The molecule has 0 spiro atoms. The molecule has 9 heteroatoms. The summed E-state index contributed by atoms with van der Waals surface area (Å²) in [6.07, 6.45) is 7.12. The quantitative estimate of drug-likeness (QED) is 0.655. The van der Waals surface area contributed by atoms with E-state index in [1.54, 1.807) is 0 Å². The lowest BCUT2D eigenvalue weighted by atomic mass is 9.91. The minimum Gasteiger partial charge on any atom is -0.482 e. The number of nitrogens with one attached hydrogen (secondary N) is 1. The van der Waals surface area contributed by atoms with Gasteiger partial charge in [0.05, 0.1) is 30.7 Å². The molecule has 6 rings (SSSR count). The minimum atomic E-state index is -0.147. The minimum absolute atomic E-state index is 0.0347. The Kier molecular flexibility index (Phi) is 6.27. The van der Waals surface area contributed by atoms with Crippen molar-refractivity contribution < 1.29 is 14.3 Å². The highest BCUT2D eigenvalue weighted by molar-refractivity contribution is 5.87. The number of fused-ring (bicyclic) bond motifs is 2. The van der Waals surface area contributed by atoms with Crippen molar-refractivity contribution >= 4 is 23.1 Å². The summed E-state index contributed by atoms with van der Waals surface area (Å²) in [5.41, 5.74) is 4.26. The van der Waals surface area contributed by atoms with Gasteiger partial charge in [0.1, 0.15) is 11.9 Å². The van der Waals surface area contributed by atoms with Gasteiger partial charge in [0.25, 0.3) is 0 Å². The zero-order valence-electron chi connectivity index (χ0n) is 20.9. The molecule has 4 aliphatic heterocycles. The summed E-state index contributed by atoms with van der Waals surface area (Å²) in [7, 11) is 0. The van der Waals surface area contributed by atoms with Crippen LogP contribution in [0.25, 0.3) is 0 Å². The maximum Gasteiger partial charge on any atom is 0.246 e. The Balaban J connectivity index is 1.16. The third-order valence-corrected chi connectivity index (χ3v) is 7.98. The zero-order chi connectivity index (χ0) is 24.6. The van der Waals surface area contributed by atoms with E-state index >= 15 is 0 Å². The van der Waals surface area contributed by atoms with Crippen LogP contribution in [0.3, 0.4) is 0 Å². The summed E-state index contributed by atoms with van der Waals surface area (Å²) in [6.45, 7) is 12.5. The van der Waals surface area contributed by atoms with Crippen LogP contribution < -0.4 is 15.0 Å². The summed E-state index contributed by atoms with van der Waals surface area (Å²) < 4.78 is 11.9. The Bertz CT molecular complexity index is 1140. The van der Waals surface area contributed by atoms with Gasteiger partial charge < -0.3 is 24.6 Å². The van der Waals surface area contributed by atoms with Gasteiger partial charge in [-0.3, -0.25) is 14.7 Å². The fourth-order valence-electron chi connectivity index (χ4n) is 5.85. The fourth-order valence-corrected chi connectivity index (χ4v) is 5.85. The highest BCUT2D eigenvalue weighted by Gasteiger charge is 2.36. The maximum atomic E-state index is 11.8. The van der Waals surface area contributed by atoms with Crippen LogP contribution in [0.4, 0.5) is 17.2 Å². The smallest absolute Gasteiger partial charge is 0.246 e. The van der Waals surface area contributed by atoms with E-state index in [0.29, 0.717) is 12.0 Å². The first-order chi connectivity index (χ1) is 17.6. The molecule has 0 saturated carbocycles. The maximum absolute atomic E-state index is 11.8. The molecular formula is C27H34N6O3. The Morgan fingerprint density at radius 1 is 1.17 bits per heavy atom. The van der Waals surface area contributed by atoms with Crippen LogP contribution in [0, 0.1) is 0 Å². The molecule has 1 atom stereocenters. The van der Waals surface area contributed by atoms with Crippen LogP contribution in [0.2, 0.25) is 0 Å². The molecule has 0 unspecified atom stereocenters. The van der Waals surface area contributed by atoms with Crippen molar-refractivity contribution in [3.05, 3.63) is 48.4 Å². The van der Waals surface area contributed by atoms with Gasteiger partial charge in [-0.2, -0.15) is 0 Å². The van der Waals surface area contributed by atoms with Crippen molar-refractivity contribution in [2.24, 2.45) is 0 Å². The van der Waals surface area contributed by atoms with Crippen LogP contribution in [-0.4, -0.2) is 84.2 Å². The van der Waals surface area contributed by atoms with Gasteiger partial charge in [-0.05, 0) is 51.1 Å². The summed E-state index contributed by atoms with van der Waals surface area (Å²) in [4.78, 5) is 28.0. The van der Waals surface area contributed by atoms with Gasteiger partial charge >= 0.3 is 0 Å². The number of hydrogen-bond donors (Lipinski definition) is 1. The topological polar surface area (TPSA) is 83.1 Å². The van der Waals surface area contributed by atoms with E-state index in [-0.39, 0.29) is 12.0 Å². The molecular weight excluding hydrogens is 456 g/mol. The van der Waals surface area contributed by atoms with Gasteiger partial charge in [-0.1, -0.05) is 6.58 Å². The van der Waals surface area contributed by atoms with Crippen LogP contribution in [0.5, 0.6) is 5.75 Å². The number of pyridine rings is 2. The number of carbonyl (C=O) groups is 1. The van der Waals surface area contributed by atoms with Gasteiger partial charge in [0.2, 0.25) is 5.91 Å². The highest BCUT2D eigenvalue weighted by atomic mass is 16.5. The van der Waals surface area contributed by atoms with Gasteiger partial charge in [-0.25, -0.2) is 4.98 Å². The van der Waals surface area contributed by atoms with Crippen LogP contribution in [0.15, 0.2) is 37.2 Å². The van der Waals surface area contributed by atoms with Crippen molar-refractivity contribution in [1.82, 2.24) is 19.8 Å². The lowest BCUT2D eigenvalue weighted by Crippen LogP contribution is -2.61. The lowest BCUT2D eigenvalue weighted by molar-refractivity contribution is -0.133. The monoisotopic (exact) mass is 490 g/mol. The van der Waals surface area contributed by atoms with E-state index in [0.717, 1.165) is 99.5 Å². The number of rotatable bonds is 4. The fraction of sp³-hybridized carbons (Fsp3) is 0.519. The average Bonchev–Trinajstić information content (AvgIpc) is 3.03. The number of anilines is 3. The molecule has 0 aliphatic carbocycles. The molecule has 2 aromatic heterocycles. The first kappa shape index (κ1) is 23.2. The Labute approximate surface area is 212 Å². The Morgan fingerprint density at radius 2 is 1.94 bits per heavy atom. The molecule has 0 aromatic carbocycles. The molecule has 9 nitrogen and oxygen atoms in total. The van der Waals surface area contributed by atoms with E-state index in [4.69, 9.17) is 14.5 Å². The number of nitrogens with zero attached hydrogens (tertiary/aromatic N) is 5. The average molecular weight is 491 g/mol. The number of aromatic nitrogens is 2. The predicted molar refractivity (Wildman–Crippen MR) is 138 cm³/mol. The molecule has 3 saturated heterocycles. The molecule has 36 heavy (non-hydrogen) atoms. The third-order valence-electron chi connectivity index (χ3n) is 7.98. The first-order valence-electron chi connectivity index (χ1n) is 13.0. The molecule has 1 N–H and O–H groups in total. The van der Waals surface area contributed by atoms with E-state index in [2.05, 4.69) is 45.7 Å². The molecule has 4 aliphatic rings. The van der Waals surface area contributed by atoms with Crippen molar-refractivity contribution in [1.29, 1.82) is 0 Å². The van der Waals surface area contributed by atoms with E-state index < -0.39 is 0 Å². The second-order valence-corrected chi connectivity index (χ2v) is 10.1. The number of morpholine rings is 1. The number of ether oxygens (including phenoxy) is 2. The SMILES string of the molecule is C=CC(=O)N1CC(N2CCC(c3cc4c(cn3)O[C@@H](C)c3c(N5CCOCC5)ccnc3N4)CC2)C1. The Hall–Kier alpha value is -3.17. The number of amides is 1. The van der Waals surface area contributed by atoms with Crippen LogP contribution in [-0.2, 0) is 9.53 Å². The van der Waals surface area contributed by atoms with Crippen LogP contribution >= 0.6 is 0 Å². The molecule has 6 heterocycles. The summed E-state index contributed by atoms with van der Waals surface area (Å²) in [5, 5.41) is 3.57. The lowest BCUT2D eigenvalue weighted by Gasteiger charge is -2.47. The van der Waals surface area contributed by atoms with Crippen molar-refractivity contribution in [3.8, 4) is 5.75 Å². The van der Waals surface area contributed by atoms with E-state index in [9.17, 15) is 4.79 Å². The second-order valence-electron chi connectivity index (χ2n) is 10.1. The van der Waals surface area contributed by atoms with Crippen molar-refractivity contribution in [2.45, 2.75) is 37.8 Å². The number of carbonyl (C=O) groups excluding carboxylic acids is 1. The number of piperidine rings is 1. The van der Waals surface area contributed by atoms with Crippen molar-refractivity contribution in [3.63, 3.8) is 0 Å². The normalized spacial score (nSPS) is 23.0. The molecule has 0 bridgehead atoms. The molecule has 1 amide bonds. The number of hydrogen-bond acceptors (Lipinski definition) is 8. The van der Waals surface area contributed by atoms with Gasteiger partial charge in [-0.15, -0.1) is 0 Å². The highest BCUT2D eigenvalue weighted by Crippen LogP contribution is 2.43. The van der Waals surface area contributed by atoms with Gasteiger partial charge in [0.15, 0.2) is 5.75 Å². The molecule has 3 fully saturated rings. The van der Waals surface area contributed by atoms with Crippen LogP contribution in [0.1, 0.15) is 43.0 Å². The van der Waals surface area contributed by atoms with Gasteiger partial charge in [0, 0.05) is 55.7 Å². The zero-order valence-corrected chi connectivity index (χ0v) is 20.9. The van der Waals surface area contributed by atoms with E-state index in [1.807, 2.05) is 17.3 Å². The molecule has 0 radical (unpaired) electrons. The van der Waals surface area contributed by atoms with E-state index in [1.165, 1.54) is 6.08 Å². The first-order valence-corrected chi connectivity index (χ1v) is 13.0.